The van der Waals surface area contributed by atoms with Crippen LogP contribution in [0.25, 0.3) is 0 Å². The second-order valence-electron chi connectivity index (χ2n) is 5.09. The Morgan fingerprint density at radius 1 is 1.68 bits per heavy atom. The third-order valence-electron chi connectivity index (χ3n) is 3.47. The lowest BCUT2D eigenvalue weighted by atomic mass is 9.96. The molecule has 1 aliphatic rings. The van der Waals surface area contributed by atoms with Crippen molar-refractivity contribution in [3.63, 3.8) is 0 Å². The summed E-state index contributed by atoms with van der Waals surface area (Å²) in [6, 6.07) is -0.164. The van der Waals surface area contributed by atoms with Gasteiger partial charge in [0.25, 0.3) is 0 Å². The van der Waals surface area contributed by atoms with Gasteiger partial charge in [-0.3, -0.25) is 5.32 Å². The topological polar surface area (TPSA) is 65.5 Å². The van der Waals surface area contributed by atoms with Crippen LogP contribution in [0, 0.1) is 5.92 Å². The second kappa shape index (κ2) is 6.34. The summed E-state index contributed by atoms with van der Waals surface area (Å²) >= 11 is 1.52. The van der Waals surface area contributed by atoms with Gasteiger partial charge in [0.1, 0.15) is 0 Å². The number of β-amino-alcohol motifs (C(OH)–C–C–N with tert-alkyl or cyclic N) is 1. The van der Waals surface area contributed by atoms with Gasteiger partial charge in [0, 0.05) is 24.2 Å². The molecule has 2 atom stereocenters. The lowest BCUT2D eigenvalue weighted by Gasteiger charge is -2.33. The number of rotatable bonds is 3. The molecule has 5 nitrogen and oxygen atoms in total. The third kappa shape index (κ3) is 3.67. The lowest BCUT2D eigenvalue weighted by Crippen LogP contribution is -2.47. The van der Waals surface area contributed by atoms with E-state index in [1.54, 1.807) is 4.90 Å². The molecule has 2 rings (SSSR count). The number of likely N-dealkylation sites (tertiary alicyclic amines) is 1. The molecule has 2 heterocycles. The minimum atomic E-state index is -0.425. The summed E-state index contributed by atoms with van der Waals surface area (Å²) in [5.74, 6) is 0.264. The van der Waals surface area contributed by atoms with E-state index < -0.39 is 6.10 Å². The molecule has 0 bridgehead atoms. The van der Waals surface area contributed by atoms with Crippen LogP contribution in [-0.2, 0) is 6.42 Å². The van der Waals surface area contributed by atoms with E-state index in [1.165, 1.54) is 16.2 Å². The first-order valence-electron chi connectivity index (χ1n) is 6.78. The van der Waals surface area contributed by atoms with Gasteiger partial charge in [-0.2, -0.15) is 0 Å². The Morgan fingerprint density at radius 3 is 3.16 bits per heavy atom. The zero-order valence-corrected chi connectivity index (χ0v) is 12.2. The molecule has 0 spiro atoms. The predicted octanol–water partition coefficient (Wildman–Crippen LogP) is 2.33. The Morgan fingerprint density at radius 2 is 2.47 bits per heavy atom. The van der Waals surface area contributed by atoms with Gasteiger partial charge in [-0.15, -0.1) is 11.3 Å². The van der Waals surface area contributed by atoms with Gasteiger partial charge in [0.2, 0.25) is 0 Å². The number of carbonyl (C=O) groups excluding carboxylic acids is 1. The minimum absolute atomic E-state index is 0.164. The van der Waals surface area contributed by atoms with Gasteiger partial charge in [-0.25, -0.2) is 9.78 Å². The first-order valence-corrected chi connectivity index (χ1v) is 7.60. The Balaban J connectivity index is 1.89. The first kappa shape index (κ1) is 14.3. The molecule has 1 fully saturated rings. The van der Waals surface area contributed by atoms with Crippen molar-refractivity contribution >= 4 is 22.5 Å². The number of nitrogens with one attached hydrogen (secondary N) is 1. The molecule has 2 unspecified atom stereocenters. The van der Waals surface area contributed by atoms with E-state index >= 15 is 0 Å². The van der Waals surface area contributed by atoms with Crippen LogP contribution in [0.1, 0.15) is 31.6 Å². The van der Waals surface area contributed by atoms with Gasteiger partial charge in [0.15, 0.2) is 5.13 Å². The number of amides is 2. The first-order chi connectivity index (χ1) is 9.10. The number of hydrogen-bond donors (Lipinski definition) is 2. The third-order valence-corrected chi connectivity index (χ3v) is 4.44. The molecule has 0 aliphatic carbocycles. The van der Waals surface area contributed by atoms with E-state index in [1.807, 2.05) is 13.1 Å². The van der Waals surface area contributed by atoms with Crippen molar-refractivity contribution in [1.29, 1.82) is 0 Å². The number of carbonyl (C=O) groups is 1. The molecule has 0 aromatic carbocycles. The Bertz CT molecular complexity index is 435. The van der Waals surface area contributed by atoms with Crippen LogP contribution in [0.15, 0.2) is 6.20 Å². The van der Waals surface area contributed by atoms with Crippen LogP contribution >= 0.6 is 11.3 Å². The molecular weight excluding hydrogens is 262 g/mol. The molecule has 2 N–H and O–H groups in total. The summed E-state index contributed by atoms with van der Waals surface area (Å²) in [5.41, 5.74) is 0. The fraction of sp³-hybridized carbons (Fsp3) is 0.692. The van der Waals surface area contributed by atoms with E-state index in [4.69, 9.17) is 0 Å². The van der Waals surface area contributed by atoms with Gasteiger partial charge in [0.05, 0.1) is 6.10 Å². The zero-order valence-electron chi connectivity index (χ0n) is 11.4. The fourth-order valence-electron chi connectivity index (χ4n) is 2.13. The average molecular weight is 283 g/mol. The van der Waals surface area contributed by atoms with Crippen molar-refractivity contribution in [3.8, 4) is 0 Å². The van der Waals surface area contributed by atoms with Crippen LogP contribution in [0.2, 0.25) is 0 Å². The zero-order chi connectivity index (χ0) is 13.8. The van der Waals surface area contributed by atoms with Crippen molar-refractivity contribution < 1.29 is 9.90 Å². The fourth-order valence-corrected chi connectivity index (χ4v) is 3.03. The standard InChI is InChI=1S/C13H21N3O2S/c1-3-4-10-7-14-12(19-10)15-13(18)16-6-5-9(2)11(17)8-16/h7,9,11,17H,3-6,8H2,1-2H3,(H,14,15,18). The van der Waals surface area contributed by atoms with Crippen LogP contribution in [0.5, 0.6) is 0 Å². The number of aryl methyl sites for hydroxylation is 1. The summed E-state index contributed by atoms with van der Waals surface area (Å²) < 4.78 is 0. The summed E-state index contributed by atoms with van der Waals surface area (Å²) in [4.78, 5) is 19.1. The molecule has 0 radical (unpaired) electrons. The molecule has 1 aromatic heterocycles. The lowest BCUT2D eigenvalue weighted by molar-refractivity contribution is 0.0464. The van der Waals surface area contributed by atoms with Crippen molar-refractivity contribution in [3.05, 3.63) is 11.1 Å². The second-order valence-corrected chi connectivity index (χ2v) is 6.21. The van der Waals surface area contributed by atoms with Crippen molar-refractivity contribution in [1.82, 2.24) is 9.88 Å². The maximum Gasteiger partial charge on any atom is 0.323 e. The highest BCUT2D eigenvalue weighted by Gasteiger charge is 2.27. The number of aliphatic hydroxyl groups excluding tert-OH is 1. The summed E-state index contributed by atoms with van der Waals surface area (Å²) in [5, 5.41) is 13.3. The van der Waals surface area contributed by atoms with E-state index in [-0.39, 0.29) is 11.9 Å². The van der Waals surface area contributed by atoms with Crippen molar-refractivity contribution in [2.75, 3.05) is 18.4 Å². The van der Waals surface area contributed by atoms with E-state index in [0.717, 1.165) is 19.3 Å². The molecular formula is C13H21N3O2S. The number of anilines is 1. The maximum absolute atomic E-state index is 12.1. The van der Waals surface area contributed by atoms with Gasteiger partial charge in [-0.05, 0) is 18.8 Å². The van der Waals surface area contributed by atoms with Crippen LogP contribution in [0.4, 0.5) is 9.93 Å². The normalized spacial score (nSPS) is 23.4. The van der Waals surface area contributed by atoms with E-state index in [2.05, 4.69) is 17.2 Å². The van der Waals surface area contributed by atoms with Crippen molar-refractivity contribution in [2.24, 2.45) is 5.92 Å². The molecule has 1 saturated heterocycles. The van der Waals surface area contributed by atoms with Crippen LogP contribution < -0.4 is 5.32 Å². The van der Waals surface area contributed by atoms with Gasteiger partial charge in [-0.1, -0.05) is 20.3 Å². The van der Waals surface area contributed by atoms with Crippen molar-refractivity contribution in [2.45, 2.75) is 39.2 Å². The summed E-state index contributed by atoms with van der Waals surface area (Å²) in [7, 11) is 0. The highest BCUT2D eigenvalue weighted by Crippen LogP contribution is 2.21. The number of urea groups is 1. The maximum atomic E-state index is 12.1. The quantitative estimate of drug-likeness (QED) is 0.894. The molecule has 0 saturated carbocycles. The molecule has 6 heteroatoms. The predicted molar refractivity (Wildman–Crippen MR) is 76.5 cm³/mol. The Labute approximate surface area is 117 Å². The molecule has 2 amide bonds. The molecule has 1 aromatic rings. The molecule has 1 aliphatic heterocycles. The summed E-state index contributed by atoms with van der Waals surface area (Å²) in [6.45, 7) is 5.23. The van der Waals surface area contributed by atoms with Crippen LogP contribution in [-0.4, -0.2) is 40.2 Å². The number of aromatic nitrogens is 1. The highest BCUT2D eigenvalue weighted by molar-refractivity contribution is 7.15. The largest absolute Gasteiger partial charge is 0.391 e. The average Bonchev–Trinajstić information content (AvgIpc) is 2.80. The SMILES string of the molecule is CCCc1cnc(NC(=O)N2CCC(C)C(O)C2)s1. The number of aliphatic hydroxyl groups is 1. The minimum Gasteiger partial charge on any atom is -0.391 e. The highest BCUT2D eigenvalue weighted by atomic mass is 32.1. The Hall–Kier alpha value is -1.14. The molecule has 19 heavy (non-hydrogen) atoms. The summed E-state index contributed by atoms with van der Waals surface area (Å²) in [6.07, 6.45) is 4.30. The molecule has 106 valence electrons. The number of thiazole rings is 1. The van der Waals surface area contributed by atoms with E-state index in [9.17, 15) is 9.90 Å². The monoisotopic (exact) mass is 283 g/mol. The van der Waals surface area contributed by atoms with Gasteiger partial charge >= 0.3 is 6.03 Å². The number of hydrogen-bond acceptors (Lipinski definition) is 4. The van der Waals surface area contributed by atoms with Crippen LogP contribution in [0.3, 0.4) is 0 Å². The number of nitrogens with zero attached hydrogens (tertiary/aromatic N) is 2. The Kier molecular flexibility index (Phi) is 4.76. The van der Waals surface area contributed by atoms with Gasteiger partial charge < -0.3 is 10.0 Å². The smallest absolute Gasteiger partial charge is 0.323 e. The van der Waals surface area contributed by atoms with E-state index in [0.29, 0.717) is 18.2 Å². The number of piperidine rings is 1.